The van der Waals surface area contributed by atoms with Crippen molar-refractivity contribution in [3.63, 3.8) is 0 Å². The van der Waals surface area contributed by atoms with Gasteiger partial charge in [0.2, 0.25) is 0 Å². The van der Waals surface area contributed by atoms with Crippen LogP contribution in [0.2, 0.25) is 0 Å². The normalized spacial score (nSPS) is 54.6. The molecule has 0 aromatic carbocycles. The summed E-state index contributed by atoms with van der Waals surface area (Å²) in [7, 11) is 0. The van der Waals surface area contributed by atoms with E-state index in [1.807, 2.05) is 0 Å². The van der Waals surface area contributed by atoms with Crippen LogP contribution in [0.5, 0.6) is 0 Å². The second kappa shape index (κ2) is 2.02. The highest BCUT2D eigenvalue weighted by Gasteiger charge is 2.53. The number of hydrogen-bond acceptors (Lipinski definition) is 1. The zero-order chi connectivity index (χ0) is 8.18. The van der Waals surface area contributed by atoms with Crippen LogP contribution < -0.4 is 0 Å². The predicted molar refractivity (Wildman–Crippen MR) is 47.7 cm³/mol. The van der Waals surface area contributed by atoms with Gasteiger partial charge >= 0.3 is 0 Å². The van der Waals surface area contributed by atoms with Gasteiger partial charge in [-0.05, 0) is 11.8 Å². The predicted octanol–water partition coefficient (Wildman–Crippen LogP) is 2.01. The van der Waals surface area contributed by atoms with Crippen molar-refractivity contribution in [1.82, 2.24) is 0 Å². The highest BCUT2D eigenvalue weighted by Crippen LogP contribution is 2.55. The summed E-state index contributed by atoms with van der Waals surface area (Å²) in [5.41, 5.74) is 0.411. The minimum Gasteiger partial charge on any atom is -0.380 e. The van der Waals surface area contributed by atoms with E-state index in [-0.39, 0.29) is 0 Å². The fourth-order valence-electron chi connectivity index (χ4n) is 2.92. The fraction of sp³-hybridized carbons (Fsp3) is 0.636. The summed E-state index contributed by atoms with van der Waals surface area (Å²) in [6.07, 6.45) is 9.44. The van der Waals surface area contributed by atoms with Gasteiger partial charge in [0.05, 0.1) is 13.2 Å². The van der Waals surface area contributed by atoms with Gasteiger partial charge in [-0.15, -0.1) is 0 Å². The van der Waals surface area contributed by atoms with Crippen molar-refractivity contribution in [2.75, 3.05) is 13.2 Å². The third-order valence-corrected chi connectivity index (χ3v) is 3.79. The molecule has 1 aliphatic heterocycles. The molecule has 12 heavy (non-hydrogen) atoms. The molecular weight excluding hydrogens is 148 g/mol. The van der Waals surface area contributed by atoms with Gasteiger partial charge in [0, 0.05) is 11.3 Å². The Bertz CT molecular complexity index is 266. The maximum absolute atomic E-state index is 5.56. The Kier molecular flexibility index (Phi) is 1.16. The molecule has 3 rings (SSSR count). The standard InChI is InChI=1S/C11H14O/c1-8-2-3-9-6-12-7-11(9)5-4-10(8)11/h2-5,8-10H,6-7H2,1H3/t8-,9-,10-,11?/m1/s1. The van der Waals surface area contributed by atoms with Crippen LogP contribution in [-0.2, 0) is 4.74 Å². The van der Waals surface area contributed by atoms with E-state index < -0.39 is 0 Å². The molecule has 1 fully saturated rings. The Balaban J connectivity index is 2.05. The second-order valence-corrected chi connectivity index (χ2v) is 4.36. The molecular formula is C11H14O. The van der Waals surface area contributed by atoms with E-state index in [1.165, 1.54) is 0 Å². The van der Waals surface area contributed by atoms with Crippen LogP contribution >= 0.6 is 0 Å². The van der Waals surface area contributed by atoms with Crippen LogP contribution in [0, 0.1) is 23.2 Å². The molecule has 4 atom stereocenters. The molecule has 1 nitrogen and oxygen atoms in total. The average Bonchev–Trinajstić information content (AvgIpc) is 2.42. The minimum atomic E-state index is 0.411. The van der Waals surface area contributed by atoms with E-state index in [2.05, 4.69) is 31.2 Å². The maximum Gasteiger partial charge on any atom is 0.0569 e. The molecule has 1 heterocycles. The molecule has 1 heteroatoms. The molecule has 2 aliphatic carbocycles. The highest BCUT2D eigenvalue weighted by molar-refractivity contribution is 5.30. The van der Waals surface area contributed by atoms with Crippen molar-refractivity contribution >= 4 is 0 Å². The van der Waals surface area contributed by atoms with Gasteiger partial charge in [0.1, 0.15) is 0 Å². The summed E-state index contributed by atoms with van der Waals surface area (Å²) in [4.78, 5) is 0. The van der Waals surface area contributed by atoms with E-state index in [0.29, 0.717) is 17.3 Å². The quantitative estimate of drug-likeness (QED) is 0.495. The van der Waals surface area contributed by atoms with E-state index >= 15 is 0 Å². The molecule has 0 amide bonds. The lowest BCUT2D eigenvalue weighted by Crippen LogP contribution is -2.45. The van der Waals surface area contributed by atoms with E-state index in [1.54, 1.807) is 0 Å². The largest absolute Gasteiger partial charge is 0.380 e. The number of rotatable bonds is 0. The molecule has 0 bridgehead atoms. The molecule has 64 valence electrons. The van der Waals surface area contributed by atoms with Crippen molar-refractivity contribution in [3.05, 3.63) is 24.3 Å². The zero-order valence-electron chi connectivity index (χ0n) is 7.36. The summed E-state index contributed by atoms with van der Waals surface area (Å²) in [6, 6.07) is 0. The van der Waals surface area contributed by atoms with Gasteiger partial charge in [-0.1, -0.05) is 31.2 Å². The summed E-state index contributed by atoms with van der Waals surface area (Å²) >= 11 is 0. The first-order valence-corrected chi connectivity index (χ1v) is 4.78. The van der Waals surface area contributed by atoms with Crippen LogP contribution in [0.15, 0.2) is 24.3 Å². The second-order valence-electron chi connectivity index (χ2n) is 4.36. The topological polar surface area (TPSA) is 9.23 Å². The number of ether oxygens (including phenoxy) is 1. The monoisotopic (exact) mass is 162 g/mol. The van der Waals surface area contributed by atoms with Crippen molar-refractivity contribution in [2.45, 2.75) is 6.92 Å². The Morgan fingerprint density at radius 2 is 2.25 bits per heavy atom. The average molecular weight is 162 g/mol. The van der Waals surface area contributed by atoms with Gasteiger partial charge in [-0.3, -0.25) is 0 Å². The lowest BCUT2D eigenvalue weighted by atomic mass is 9.55. The fourth-order valence-corrected chi connectivity index (χ4v) is 2.92. The first-order valence-electron chi connectivity index (χ1n) is 4.78. The smallest absolute Gasteiger partial charge is 0.0569 e. The molecule has 0 N–H and O–H groups in total. The molecule has 3 aliphatic rings. The Morgan fingerprint density at radius 1 is 1.33 bits per heavy atom. The number of allylic oxidation sites excluding steroid dienone is 2. The van der Waals surface area contributed by atoms with E-state index in [4.69, 9.17) is 4.74 Å². The first-order chi connectivity index (χ1) is 5.83. The van der Waals surface area contributed by atoms with Crippen LogP contribution in [-0.4, -0.2) is 13.2 Å². The molecule has 1 saturated heterocycles. The van der Waals surface area contributed by atoms with Crippen LogP contribution in [0.3, 0.4) is 0 Å². The molecule has 0 aromatic heterocycles. The molecule has 0 saturated carbocycles. The van der Waals surface area contributed by atoms with E-state index in [9.17, 15) is 0 Å². The maximum atomic E-state index is 5.56. The summed E-state index contributed by atoms with van der Waals surface area (Å²) in [6.45, 7) is 4.19. The Labute approximate surface area is 73.1 Å². The zero-order valence-corrected chi connectivity index (χ0v) is 7.36. The van der Waals surface area contributed by atoms with Gasteiger partial charge in [-0.2, -0.15) is 0 Å². The minimum absolute atomic E-state index is 0.411. The van der Waals surface area contributed by atoms with Crippen molar-refractivity contribution < 1.29 is 4.74 Å². The molecule has 0 aromatic rings. The number of hydrogen-bond donors (Lipinski definition) is 0. The Morgan fingerprint density at radius 3 is 3.00 bits per heavy atom. The van der Waals surface area contributed by atoms with Gasteiger partial charge in [-0.25, -0.2) is 0 Å². The highest BCUT2D eigenvalue weighted by atomic mass is 16.5. The third-order valence-electron chi connectivity index (χ3n) is 3.79. The lowest BCUT2D eigenvalue weighted by molar-refractivity contribution is 0.117. The van der Waals surface area contributed by atoms with Gasteiger partial charge in [0.25, 0.3) is 0 Å². The van der Waals surface area contributed by atoms with Gasteiger partial charge in [0.15, 0.2) is 0 Å². The van der Waals surface area contributed by atoms with Crippen LogP contribution in [0.1, 0.15) is 6.92 Å². The third kappa shape index (κ3) is 0.601. The lowest BCUT2D eigenvalue weighted by Gasteiger charge is -2.48. The van der Waals surface area contributed by atoms with Crippen molar-refractivity contribution in [2.24, 2.45) is 23.2 Å². The van der Waals surface area contributed by atoms with E-state index in [0.717, 1.165) is 19.1 Å². The SMILES string of the molecule is C[C@@H]1C=C[C@@H]2COCC23C=C[C@H]13. The van der Waals surface area contributed by atoms with Crippen molar-refractivity contribution in [1.29, 1.82) is 0 Å². The van der Waals surface area contributed by atoms with Crippen LogP contribution in [0.25, 0.3) is 0 Å². The van der Waals surface area contributed by atoms with Gasteiger partial charge < -0.3 is 4.74 Å². The van der Waals surface area contributed by atoms with Crippen molar-refractivity contribution in [3.8, 4) is 0 Å². The summed E-state index contributed by atoms with van der Waals surface area (Å²) in [5.74, 6) is 2.15. The molecule has 0 radical (unpaired) electrons. The summed E-state index contributed by atoms with van der Waals surface area (Å²) < 4.78 is 5.56. The molecule has 1 unspecified atom stereocenters. The Hall–Kier alpha value is -0.560. The molecule has 1 spiro atoms. The summed E-state index contributed by atoms with van der Waals surface area (Å²) in [5, 5.41) is 0. The van der Waals surface area contributed by atoms with Crippen LogP contribution in [0.4, 0.5) is 0 Å². The first kappa shape index (κ1) is 6.90.